The fraction of sp³-hybridized carbons (Fsp3) is 1.00. The fourth-order valence-electron chi connectivity index (χ4n) is 13.0. The van der Waals surface area contributed by atoms with E-state index in [-0.39, 0.29) is 71.8 Å². The van der Waals surface area contributed by atoms with Crippen LogP contribution in [-0.4, -0.2) is 104 Å². The molecule has 53 heavy (non-hydrogen) atoms. The largest absolute Gasteiger partial charge is 0.286 e. The van der Waals surface area contributed by atoms with Gasteiger partial charge in [-0.1, -0.05) is 38.5 Å². The molecule has 8 bridgehead atoms. The molecular weight excluding hydrogens is 800 g/mol. The summed E-state index contributed by atoms with van der Waals surface area (Å²) >= 11 is 0. The maximum absolute atomic E-state index is 13.3. The quantitative estimate of drug-likeness (QED) is 0.123. The molecule has 9 fully saturated rings. The molecule has 17 nitrogen and oxygen atoms in total. The SMILES string of the molecule is O=S(=O)(O)C1CC2C3NC4NC(NC5NC(NC6NC(NC(N3)C2C(S(=O)(=O)O)C1S(=O)(=O)O)C1CCCCC61)C1CCCCC51)C1CCCCC41.[Cu]. The van der Waals surface area contributed by atoms with Gasteiger partial charge >= 0.3 is 0 Å². The summed E-state index contributed by atoms with van der Waals surface area (Å²) in [4.78, 5) is 0. The van der Waals surface area contributed by atoms with Crippen LogP contribution in [0.2, 0.25) is 0 Å². The summed E-state index contributed by atoms with van der Waals surface area (Å²) < 4.78 is 109. The Morgan fingerprint density at radius 2 is 0.623 bits per heavy atom. The second-order valence-corrected chi connectivity index (χ2v) is 22.3. The molecule has 5 saturated heterocycles. The van der Waals surface area contributed by atoms with Gasteiger partial charge in [-0.3, -0.25) is 56.2 Å². The fourth-order valence-corrected chi connectivity index (χ4v) is 18.0. The summed E-state index contributed by atoms with van der Waals surface area (Å²) in [7, 11) is -15.9. The van der Waals surface area contributed by atoms with Gasteiger partial charge in [0.05, 0.1) is 49.3 Å². The van der Waals surface area contributed by atoms with E-state index >= 15 is 0 Å². The van der Waals surface area contributed by atoms with Crippen LogP contribution in [0.1, 0.15) is 83.5 Å². The zero-order chi connectivity index (χ0) is 36.3. The van der Waals surface area contributed by atoms with Gasteiger partial charge < -0.3 is 0 Å². The Balaban J connectivity index is 0.00000400. The van der Waals surface area contributed by atoms with Crippen molar-refractivity contribution in [1.82, 2.24) is 42.5 Å². The summed E-state index contributed by atoms with van der Waals surface area (Å²) in [6.45, 7) is 0. The van der Waals surface area contributed by atoms with E-state index < -0.39 is 76.7 Å². The van der Waals surface area contributed by atoms with Crippen molar-refractivity contribution >= 4 is 30.4 Å². The molecule has 4 aliphatic carbocycles. The van der Waals surface area contributed by atoms with Crippen molar-refractivity contribution < 1.29 is 56.0 Å². The third-order valence-electron chi connectivity index (χ3n) is 15.0. The molecule has 11 N–H and O–H groups in total. The maximum atomic E-state index is 13.3. The van der Waals surface area contributed by atoms with Crippen LogP contribution in [0, 0.1) is 47.3 Å². The Hall–Kier alpha value is -0.0705. The first-order chi connectivity index (χ1) is 24.7. The van der Waals surface area contributed by atoms with Gasteiger partial charge in [-0.05, 0) is 86.4 Å². The van der Waals surface area contributed by atoms with Crippen molar-refractivity contribution in [2.24, 2.45) is 47.3 Å². The number of hydrogen-bond donors (Lipinski definition) is 11. The molecule has 5 aliphatic heterocycles. The van der Waals surface area contributed by atoms with Gasteiger partial charge in [0.15, 0.2) is 0 Å². The number of rotatable bonds is 3. The molecule has 0 aromatic rings. The van der Waals surface area contributed by atoms with E-state index in [2.05, 4.69) is 42.5 Å². The molecule has 9 aliphatic rings. The first-order valence-corrected chi connectivity index (χ1v) is 24.1. The molecule has 0 aromatic heterocycles. The van der Waals surface area contributed by atoms with Crippen LogP contribution < -0.4 is 42.5 Å². The van der Waals surface area contributed by atoms with E-state index in [1.54, 1.807) is 0 Å². The molecule has 19 atom stereocenters. The summed E-state index contributed by atoms with van der Waals surface area (Å²) in [5, 5.41) is 23.6. The van der Waals surface area contributed by atoms with Gasteiger partial charge in [0.2, 0.25) is 0 Å². The molecule has 4 saturated carbocycles. The van der Waals surface area contributed by atoms with Crippen molar-refractivity contribution in [1.29, 1.82) is 0 Å². The molecule has 9 rings (SSSR count). The maximum Gasteiger partial charge on any atom is 0.270 e. The van der Waals surface area contributed by atoms with Gasteiger partial charge in [-0.15, -0.1) is 0 Å². The second kappa shape index (κ2) is 14.6. The molecule has 1 radical (unpaired) electrons. The van der Waals surface area contributed by atoms with E-state index in [9.17, 15) is 38.9 Å². The van der Waals surface area contributed by atoms with Gasteiger partial charge in [0.25, 0.3) is 30.4 Å². The third kappa shape index (κ3) is 7.11. The Morgan fingerprint density at radius 3 is 0.887 bits per heavy atom. The Kier molecular flexibility index (Phi) is 11.0. The second-order valence-electron chi connectivity index (χ2n) is 17.5. The first-order valence-electron chi connectivity index (χ1n) is 19.6. The summed E-state index contributed by atoms with van der Waals surface area (Å²) in [6, 6.07) is 0. The predicted molar refractivity (Wildman–Crippen MR) is 189 cm³/mol. The third-order valence-corrected chi connectivity index (χ3v) is 19.2. The van der Waals surface area contributed by atoms with Crippen LogP contribution in [-0.2, 0) is 47.4 Å². The number of nitrogens with one attached hydrogen (secondary N) is 8. The number of fused-ring (bicyclic) bond motifs is 20. The van der Waals surface area contributed by atoms with Crippen LogP contribution in [0.5, 0.6) is 0 Å². The van der Waals surface area contributed by atoms with Crippen LogP contribution in [0.4, 0.5) is 0 Å². The van der Waals surface area contributed by atoms with Crippen molar-refractivity contribution in [3.8, 4) is 0 Å². The average molecular weight is 857 g/mol. The van der Waals surface area contributed by atoms with Crippen LogP contribution in [0.15, 0.2) is 0 Å². The standard InChI is InChI=1S/C32H56N8O9S3.Cu/c41-50(42,43)21-13-20-22(24(52(47,48)49)23(21)51(44,45)46)32-39-30-19-12-6-5-11-18(19)28(37-30)35-26-15-8-2-1-7-14(15)25(33-26)34-27-16-9-3-4-10-17(16)29(36-27)38-31(20)40-32;/h14-40H,1-13H2,(H,41,42,43)(H,44,45,46)(H,47,48,49);. The molecule has 307 valence electrons. The minimum absolute atomic E-state index is 0. The normalized spacial score (nSPS) is 51.3. The summed E-state index contributed by atoms with van der Waals surface area (Å²) in [5.74, 6) is -0.0970. The van der Waals surface area contributed by atoms with E-state index in [0.29, 0.717) is 17.8 Å². The molecule has 5 heterocycles. The topological polar surface area (TPSA) is 259 Å². The minimum Gasteiger partial charge on any atom is -0.286 e. The van der Waals surface area contributed by atoms with Crippen molar-refractivity contribution in [3.63, 3.8) is 0 Å². The Bertz CT molecular complexity index is 1720. The van der Waals surface area contributed by atoms with Gasteiger partial charge in [0, 0.05) is 23.0 Å². The Morgan fingerprint density at radius 1 is 0.358 bits per heavy atom. The molecule has 0 spiro atoms. The van der Waals surface area contributed by atoms with Gasteiger partial charge in [0.1, 0.15) is 15.7 Å². The van der Waals surface area contributed by atoms with Gasteiger partial charge in [-0.2, -0.15) is 25.3 Å². The summed E-state index contributed by atoms with van der Waals surface area (Å²) in [6.07, 6.45) is 10.5. The van der Waals surface area contributed by atoms with Crippen LogP contribution >= 0.6 is 0 Å². The molecule has 19 unspecified atom stereocenters. The van der Waals surface area contributed by atoms with Crippen LogP contribution in [0.25, 0.3) is 0 Å². The zero-order valence-corrected chi connectivity index (χ0v) is 32.9. The molecule has 0 aromatic carbocycles. The van der Waals surface area contributed by atoms with Crippen molar-refractivity contribution in [2.75, 3.05) is 0 Å². The van der Waals surface area contributed by atoms with E-state index in [4.69, 9.17) is 0 Å². The van der Waals surface area contributed by atoms with Gasteiger partial charge in [-0.25, -0.2) is 0 Å². The summed E-state index contributed by atoms with van der Waals surface area (Å²) in [5.41, 5.74) is 0. The minimum atomic E-state index is -5.40. The van der Waals surface area contributed by atoms with E-state index in [1.165, 1.54) is 12.8 Å². The molecular formula is C32H56CuN8O9S3. The molecule has 21 heteroatoms. The predicted octanol–water partition coefficient (Wildman–Crippen LogP) is -0.798. The van der Waals surface area contributed by atoms with E-state index in [1.807, 2.05) is 0 Å². The Labute approximate surface area is 323 Å². The van der Waals surface area contributed by atoms with Crippen molar-refractivity contribution in [2.45, 2.75) is 149 Å². The smallest absolute Gasteiger partial charge is 0.270 e. The average Bonchev–Trinajstić information content (AvgIpc) is 3.82. The first kappa shape index (κ1) is 39.7. The van der Waals surface area contributed by atoms with Crippen molar-refractivity contribution in [3.05, 3.63) is 0 Å². The van der Waals surface area contributed by atoms with E-state index in [0.717, 1.165) is 64.2 Å². The zero-order valence-electron chi connectivity index (χ0n) is 29.5. The monoisotopic (exact) mass is 855 g/mol. The number of hydrogen-bond acceptors (Lipinski definition) is 14. The van der Waals surface area contributed by atoms with Crippen LogP contribution in [0.3, 0.4) is 0 Å². The molecule has 0 amide bonds.